The molecule has 4 nitrogen and oxygen atoms in total. The molecule has 4 rings (SSSR count). The van der Waals surface area contributed by atoms with E-state index in [1.54, 1.807) is 0 Å². The fraction of sp³-hybridized carbons (Fsp3) is 0.789. The molecular formula is C19H29N3OS. The molecule has 1 aromatic rings. The maximum atomic E-state index is 12.6. The molecule has 1 amide bonds. The Morgan fingerprint density at radius 2 is 1.96 bits per heavy atom. The second-order valence-electron chi connectivity index (χ2n) is 7.82. The molecule has 2 aliphatic carbocycles. The van der Waals surface area contributed by atoms with Crippen molar-refractivity contribution in [3.63, 3.8) is 0 Å². The summed E-state index contributed by atoms with van der Waals surface area (Å²) < 4.78 is 0. The minimum absolute atomic E-state index is 0.325. The molecule has 1 saturated carbocycles. The van der Waals surface area contributed by atoms with Gasteiger partial charge in [0.05, 0.1) is 23.3 Å². The first-order valence-corrected chi connectivity index (χ1v) is 10.4. The van der Waals surface area contributed by atoms with Gasteiger partial charge in [-0.1, -0.05) is 25.7 Å². The average Bonchev–Trinajstić information content (AvgIpc) is 2.93. The van der Waals surface area contributed by atoms with Crippen molar-refractivity contribution < 1.29 is 4.79 Å². The van der Waals surface area contributed by atoms with Crippen molar-refractivity contribution in [2.24, 2.45) is 5.92 Å². The summed E-state index contributed by atoms with van der Waals surface area (Å²) in [6.07, 6.45) is 11.0. The van der Waals surface area contributed by atoms with Crippen LogP contribution in [0.5, 0.6) is 0 Å². The molecule has 0 bridgehead atoms. The van der Waals surface area contributed by atoms with E-state index in [-0.39, 0.29) is 0 Å². The Labute approximate surface area is 149 Å². The molecule has 0 aromatic carbocycles. The number of nitrogens with zero attached hydrogens (tertiary/aromatic N) is 3. The van der Waals surface area contributed by atoms with Crippen LogP contribution >= 0.6 is 11.3 Å². The van der Waals surface area contributed by atoms with Gasteiger partial charge in [0.1, 0.15) is 0 Å². The molecule has 5 heteroatoms. The van der Waals surface area contributed by atoms with Gasteiger partial charge in [-0.3, -0.25) is 9.69 Å². The third-order valence-electron chi connectivity index (χ3n) is 6.17. The normalized spacial score (nSPS) is 30.4. The van der Waals surface area contributed by atoms with Crippen LogP contribution in [0, 0.1) is 12.8 Å². The van der Waals surface area contributed by atoms with Crippen LogP contribution in [0.3, 0.4) is 0 Å². The van der Waals surface area contributed by atoms with Gasteiger partial charge in [-0.05, 0) is 46.1 Å². The number of β-lactam (4-membered cyclic amide) rings is 1. The van der Waals surface area contributed by atoms with Crippen LogP contribution in [0.1, 0.15) is 73.0 Å². The summed E-state index contributed by atoms with van der Waals surface area (Å²) in [5.74, 6) is 0.733. The van der Waals surface area contributed by atoms with Gasteiger partial charge in [-0.25, -0.2) is 4.98 Å². The molecule has 2 fully saturated rings. The van der Waals surface area contributed by atoms with Crippen molar-refractivity contribution in [3.05, 3.63) is 15.6 Å². The van der Waals surface area contributed by atoms with E-state index in [2.05, 4.69) is 23.8 Å². The van der Waals surface area contributed by atoms with Gasteiger partial charge in [0.25, 0.3) is 0 Å². The lowest BCUT2D eigenvalue weighted by Gasteiger charge is -2.50. The number of rotatable bonds is 3. The van der Waals surface area contributed by atoms with Crippen LogP contribution in [0.4, 0.5) is 0 Å². The molecule has 132 valence electrons. The molecule has 2 heterocycles. The Balaban J connectivity index is 1.44. The smallest absolute Gasteiger partial charge is 0.229 e. The molecule has 0 N–H and O–H groups in total. The number of aryl methyl sites for hydroxylation is 2. The van der Waals surface area contributed by atoms with Crippen LogP contribution in [-0.2, 0) is 11.2 Å². The van der Waals surface area contributed by atoms with Crippen LogP contribution in [-0.4, -0.2) is 40.4 Å². The molecule has 0 unspecified atom stereocenters. The topological polar surface area (TPSA) is 36.4 Å². The average molecular weight is 348 g/mol. The minimum Gasteiger partial charge on any atom is -0.326 e. The van der Waals surface area contributed by atoms with Crippen molar-refractivity contribution in [2.45, 2.75) is 76.8 Å². The molecule has 3 atom stereocenters. The number of likely N-dealkylation sites (tertiary alicyclic amines) is 1. The molecule has 1 saturated heterocycles. The summed E-state index contributed by atoms with van der Waals surface area (Å²) in [5.41, 5.74) is 1.30. The first-order valence-electron chi connectivity index (χ1n) is 9.62. The van der Waals surface area contributed by atoms with E-state index in [9.17, 15) is 4.79 Å². The summed E-state index contributed by atoms with van der Waals surface area (Å²) in [6, 6.07) is 0.951. The highest BCUT2D eigenvalue weighted by Gasteiger charge is 2.47. The summed E-state index contributed by atoms with van der Waals surface area (Å²) >= 11 is 1.85. The minimum atomic E-state index is 0.325. The number of amides is 1. The Morgan fingerprint density at radius 1 is 1.17 bits per heavy atom. The molecule has 1 aromatic heterocycles. The number of aromatic nitrogens is 1. The number of hydrogen-bond acceptors (Lipinski definition) is 4. The predicted octanol–water partition coefficient (Wildman–Crippen LogP) is 3.90. The number of fused-ring (bicyclic) bond motifs is 2. The maximum Gasteiger partial charge on any atom is 0.229 e. The number of carbonyl (C=O) groups excluding carboxylic acids is 1. The third-order valence-corrected chi connectivity index (χ3v) is 7.28. The van der Waals surface area contributed by atoms with Crippen LogP contribution in [0.2, 0.25) is 0 Å². The van der Waals surface area contributed by atoms with Gasteiger partial charge in [-0.2, -0.15) is 0 Å². The quantitative estimate of drug-likeness (QED) is 0.778. The highest BCUT2D eigenvalue weighted by molar-refractivity contribution is 7.11. The Bertz CT molecular complexity index is 614. The lowest BCUT2D eigenvalue weighted by molar-refractivity contribution is -0.162. The predicted molar refractivity (Wildman–Crippen MR) is 97.0 cm³/mol. The second-order valence-corrected chi connectivity index (χ2v) is 9.06. The van der Waals surface area contributed by atoms with Gasteiger partial charge in [0, 0.05) is 17.0 Å². The third kappa shape index (κ3) is 2.90. The fourth-order valence-electron chi connectivity index (χ4n) is 4.87. The first-order chi connectivity index (χ1) is 11.6. The summed E-state index contributed by atoms with van der Waals surface area (Å²) in [7, 11) is 2.19. The molecule has 0 spiro atoms. The number of hydrogen-bond donors (Lipinski definition) is 0. The monoisotopic (exact) mass is 347 g/mol. The molecule has 24 heavy (non-hydrogen) atoms. The van der Waals surface area contributed by atoms with E-state index < -0.39 is 0 Å². The van der Waals surface area contributed by atoms with Crippen LogP contribution < -0.4 is 0 Å². The van der Waals surface area contributed by atoms with Crippen LogP contribution in [0.15, 0.2) is 0 Å². The van der Waals surface area contributed by atoms with E-state index in [4.69, 9.17) is 4.98 Å². The zero-order valence-electron chi connectivity index (χ0n) is 15.0. The standard InChI is InChI=1S/C19H29N3OS/c1-13-20-15-9-7-11-17(18(15)24-13)21(2)12-22-16-10-6-4-3-5-8-14(16)19(22)23/h14,16-17H,3-12H2,1-2H3/t14-,16+,17+/m0/s1. The van der Waals surface area contributed by atoms with Crippen LogP contribution in [0.25, 0.3) is 0 Å². The van der Waals surface area contributed by atoms with Crippen molar-refractivity contribution in [1.29, 1.82) is 0 Å². The largest absolute Gasteiger partial charge is 0.326 e. The van der Waals surface area contributed by atoms with E-state index in [0.29, 0.717) is 23.9 Å². The molecular weight excluding hydrogens is 318 g/mol. The highest BCUT2D eigenvalue weighted by atomic mass is 32.1. The number of carbonyl (C=O) groups is 1. The van der Waals surface area contributed by atoms with Crippen molar-refractivity contribution in [3.8, 4) is 0 Å². The summed E-state index contributed by atoms with van der Waals surface area (Å²) in [5, 5.41) is 1.18. The summed E-state index contributed by atoms with van der Waals surface area (Å²) in [4.78, 5) is 23.3. The summed E-state index contributed by atoms with van der Waals surface area (Å²) in [6.45, 7) is 2.90. The SMILES string of the molecule is Cc1nc2c(s1)[C@H](N(C)CN1C(=O)[C@H]3CCCCCC[C@H]31)CCC2. The molecule has 0 radical (unpaired) electrons. The van der Waals surface area contributed by atoms with Gasteiger partial charge in [0.15, 0.2) is 0 Å². The second kappa shape index (κ2) is 6.75. The van der Waals surface area contributed by atoms with E-state index in [1.165, 1.54) is 60.5 Å². The van der Waals surface area contributed by atoms with E-state index in [1.807, 2.05) is 11.3 Å². The van der Waals surface area contributed by atoms with E-state index in [0.717, 1.165) is 19.5 Å². The molecule has 3 aliphatic rings. The van der Waals surface area contributed by atoms with Crippen molar-refractivity contribution in [1.82, 2.24) is 14.8 Å². The number of thiazole rings is 1. The van der Waals surface area contributed by atoms with Crippen molar-refractivity contribution in [2.75, 3.05) is 13.7 Å². The van der Waals surface area contributed by atoms with Gasteiger partial charge in [-0.15, -0.1) is 11.3 Å². The maximum absolute atomic E-state index is 12.6. The van der Waals surface area contributed by atoms with Gasteiger partial charge >= 0.3 is 0 Å². The highest BCUT2D eigenvalue weighted by Crippen LogP contribution is 2.40. The van der Waals surface area contributed by atoms with E-state index >= 15 is 0 Å². The Kier molecular flexibility index (Phi) is 4.65. The molecule has 1 aliphatic heterocycles. The van der Waals surface area contributed by atoms with Crippen molar-refractivity contribution >= 4 is 17.2 Å². The zero-order valence-corrected chi connectivity index (χ0v) is 15.8. The first kappa shape index (κ1) is 16.5. The Morgan fingerprint density at radius 3 is 2.79 bits per heavy atom. The van der Waals surface area contributed by atoms with Gasteiger partial charge < -0.3 is 4.90 Å². The lowest BCUT2D eigenvalue weighted by Crippen LogP contribution is -2.63. The zero-order chi connectivity index (χ0) is 16.7. The Hall–Kier alpha value is -0.940. The van der Waals surface area contributed by atoms with Gasteiger partial charge in [0.2, 0.25) is 5.91 Å². The lowest BCUT2D eigenvalue weighted by atomic mass is 9.78. The fourth-order valence-corrected chi connectivity index (χ4v) is 6.05.